The zero-order chi connectivity index (χ0) is 25.2. The van der Waals surface area contributed by atoms with Crippen LogP contribution in [-0.2, 0) is 26.9 Å². The van der Waals surface area contributed by atoms with Gasteiger partial charge < -0.3 is 10.6 Å². The van der Waals surface area contributed by atoms with Gasteiger partial charge in [0, 0.05) is 62.6 Å². The molecule has 0 spiro atoms. The maximum Gasteiger partial charge on any atom is 0.227 e. The lowest BCUT2D eigenvalue weighted by molar-refractivity contribution is 0.741. The van der Waals surface area contributed by atoms with Crippen molar-refractivity contribution in [3.05, 3.63) is 71.7 Å². The molecule has 9 nitrogen and oxygen atoms in total. The van der Waals surface area contributed by atoms with Crippen molar-refractivity contribution in [2.75, 3.05) is 12.4 Å². The predicted octanol–water partition coefficient (Wildman–Crippen LogP) is 4.43. The Labute approximate surface area is 211 Å². The summed E-state index contributed by atoms with van der Waals surface area (Å²) in [5.41, 5.74) is 10.3. The first kappa shape index (κ1) is 23.5. The van der Waals surface area contributed by atoms with Crippen LogP contribution in [-0.4, -0.2) is 41.6 Å². The molecule has 0 saturated carbocycles. The van der Waals surface area contributed by atoms with Crippen LogP contribution in [0.2, 0.25) is 0 Å². The summed E-state index contributed by atoms with van der Waals surface area (Å²) in [5, 5.41) is 15.5. The second kappa shape index (κ2) is 9.77. The number of nitrogens with one attached hydrogen (secondary N) is 2. The third kappa shape index (κ3) is 4.51. The minimum atomic E-state index is 0.540. The molecule has 9 heteroatoms. The third-order valence-electron chi connectivity index (χ3n) is 6.41. The van der Waals surface area contributed by atoms with E-state index in [1.165, 1.54) is 5.57 Å². The van der Waals surface area contributed by atoms with Crippen molar-refractivity contribution in [2.24, 2.45) is 14.1 Å². The summed E-state index contributed by atoms with van der Waals surface area (Å²) in [5.74, 6) is 0.540. The summed E-state index contributed by atoms with van der Waals surface area (Å²) in [7, 11) is 5.77. The van der Waals surface area contributed by atoms with Crippen LogP contribution in [0, 0.1) is 0 Å². The molecule has 1 aliphatic carbocycles. The summed E-state index contributed by atoms with van der Waals surface area (Å²) in [6, 6.07) is 4.18. The molecule has 0 atom stereocenters. The van der Waals surface area contributed by atoms with Gasteiger partial charge in [0.1, 0.15) is 0 Å². The first-order valence-corrected chi connectivity index (χ1v) is 12.2. The topological polar surface area (TPSA) is 98.4 Å². The number of aryl methyl sites for hydroxylation is 4. The summed E-state index contributed by atoms with van der Waals surface area (Å²) >= 11 is 0. The number of nitrogens with zero attached hydrogens (tertiary/aromatic N) is 7. The quantitative estimate of drug-likeness (QED) is 0.377. The number of fused-ring (bicyclic) bond motifs is 3. The molecule has 2 N–H and O–H groups in total. The van der Waals surface area contributed by atoms with Crippen LogP contribution in [0.25, 0.3) is 28.1 Å². The van der Waals surface area contributed by atoms with Crippen LogP contribution in [0.1, 0.15) is 37.2 Å². The van der Waals surface area contributed by atoms with Crippen molar-refractivity contribution < 1.29 is 0 Å². The van der Waals surface area contributed by atoms with Crippen molar-refractivity contribution in [3.63, 3.8) is 0 Å². The molecular formula is C27H31N9. The SMILES string of the molecule is CC/C(C)=C/C(=C\NC)c1ccc(-c2c3c(nn2C)CCc2cnc(Nc4cnn(C)c4)nc2-3)cn1. The van der Waals surface area contributed by atoms with E-state index in [1.807, 2.05) is 50.6 Å². The Morgan fingerprint density at radius 2 is 1.97 bits per heavy atom. The number of anilines is 2. The maximum absolute atomic E-state index is 4.91. The van der Waals surface area contributed by atoms with Crippen molar-refractivity contribution in [2.45, 2.75) is 33.1 Å². The van der Waals surface area contributed by atoms with Crippen LogP contribution in [0.15, 0.2) is 54.8 Å². The Morgan fingerprint density at radius 3 is 2.67 bits per heavy atom. The highest BCUT2D eigenvalue weighted by Gasteiger charge is 2.27. The van der Waals surface area contributed by atoms with E-state index in [4.69, 9.17) is 15.1 Å². The van der Waals surface area contributed by atoms with Crippen LogP contribution < -0.4 is 10.6 Å². The number of allylic oxidation sites excluding steroid dienone is 3. The number of pyridine rings is 1. The van der Waals surface area contributed by atoms with Gasteiger partial charge in [-0.1, -0.05) is 18.6 Å². The summed E-state index contributed by atoms with van der Waals surface area (Å²) < 4.78 is 3.68. The zero-order valence-electron chi connectivity index (χ0n) is 21.4. The smallest absolute Gasteiger partial charge is 0.227 e. The molecule has 36 heavy (non-hydrogen) atoms. The molecule has 0 aliphatic heterocycles. The molecule has 4 heterocycles. The molecule has 4 aromatic heterocycles. The van der Waals surface area contributed by atoms with Gasteiger partial charge >= 0.3 is 0 Å². The maximum atomic E-state index is 4.91. The van der Waals surface area contributed by atoms with Gasteiger partial charge in [0.15, 0.2) is 0 Å². The largest absolute Gasteiger partial charge is 0.393 e. The third-order valence-corrected chi connectivity index (χ3v) is 6.41. The van der Waals surface area contributed by atoms with Crippen LogP contribution in [0.4, 0.5) is 11.6 Å². The minimum Gasteiger partial charge on any atom is -0.393 e. The average Bonchev–Trinajstić information content (AvgIpc) is 3.45. The summed E-state index contributed by atoms with van der Waals surface area (Å²) in [6.45, 7) is 4.29. The number of hydrogen-bond acceptors (Lipinski definition) is 7. The van der Waals surface area contributed by atoms with Crippen molar-refractivity contribution in [1.29, 1.82) is 0 Å². The number of rotatable bonds is 7. The van der Waals surface area contributed by atoms with Crippen molar-refractivity contribution >= 4 is 17.2 Å². The van der Waals surface area contributed by atoms with Crippen molar-refractivity contribution in [1.82, 2.24) is 39.8 Å². The standard InChI is InChI=1S/C27H31N9/c1-6-17(2)11-20(12-28-3)22-9-8-19(14-29-22)26-24-23(34-36(26)5)10-7-18-13-30-27(33-25(18)24)32-21-15-31-35(4)16-21/h8-9,11-16,28H,6-7,10H2,1-5H3,(H,30,32,33)/b17-11+,20-12+. The van der Waals surface area contributed by atoms with E-state index in [1.54, 1.807) is 10.9 Å². The molecule has 0 unspecified atom stereocenters. The molecule has 0 aromatic carbocycles. The van der Waals surface area contributed by atoms with Gasteiger partial charge in [-0.15, -0.1) is 0 Å². The van der Waals surface area contributed by atoms with E-state index in [-0.39, 0.29) is 0 Å². The number of aromatic nitrogens is 7. The molecule has 0 bridgehead atoms. The molecule has 1 aliphatic rings. The summed E-state index contributed by atoms with van der Waals surface area (Å²) in [4.78, 5) is 14.3. The molecule has 0 amide bonds. The van der Waals surface area contributed by atoms with E-state index < -0.39 is 0 Å². The second-order valence-corrected chi connectivity index (χ2v) is 9.05. The molecule has 0 radical (unpaired) electrons. The van der Waals surface area contributed by atoms with E-state index in [9.17, 15) is 0 Å². The Morgan fingerprint density at radius 1 is 1.11 bits per heavy atom. The first-order chi connectivity index (χ1) is 17.5. The van der Waals surface area contributed by atoms with Gasteiger partial charge in [0.2, 0.25) is 5.95 Å². The van der Waals surface area contributed by atoms with E-state index in [2.05, 4.69) is 52.8 Å². The van der Waals surface area contributed by atoms with Gasteiger partial charge in [-0.3, -0.25) is 14.3 Å². The van der Waals surface area contributed by atoms with Gasteiger partial charge in [0.25, 0.3) is 0 Å². The fourth-order valence-electron chi connectivity index (χ4n) is 4.49. The van der Waals surface area contributed by atoms with E-state index >= 15 is 0 Å². The Bertz CT molecular complexity index is 1460. The monoisotopic (exact) mass is 481 g/mol. The number of hydrogen-bond donors (Lipinski definition) is 2. The molecule has 0 fully saturated rings. The molecule has 184 valence electrons. The second-order valence-electron chi connectivity index (χ2n) is 9.05. The predicted molar refractivity (Wildman–Crippen MR) is 142 cm³/mol. The highest BCUT2D eigenvalue weighted by Crippen LogP contribution is 2.39. The molecular weight excluding hydrogens is 450 g/mol. The fraction of sp³-hybridized carbons (Fsp3) is 0.296. The summed E-state index contributed by atoms with van der Waals surface area (Å²) in [6.07, 6.45) is 14.4. The van der Waals surface area contributed by atoms with Gasteiger partial charge in [0.05, 0.1) is 34.7 Å². The van der Waals surface area contributed by atoms with Crippen LogP contribution >= 0.6 is 0 Å². The fourth-order valence-corrected chi connectivity index (χ4v) is 4.49. The van der Waals surface area contributed by atoms with Gasteiger partial charge in [-0.2, -0.15) is 10.2 Å². The lowest BCUT2D eigenvalue weighted by Gasteiger charge is -2.17. The lowest BCUT2D eigenvalue weighted by atomic mass is 9.91. The molecule has 4 aromatic rings. The Hall–Kier alpha value is -4.27. The first-order valence-electron chi connectivity index (χ1n) is 12.2. The Balaban J connectivity index is 1.54. The lowest BCUT2D eigenvalue weighted by Crippen LogP contribution is -2.08. The Kier molecular flexibility index (Phi) is 6.37. The molecule has 0 saturated heterocycles. The average molecular weight is 482 g/mol. The van der Waals surface area contributed by atoms with Gasteiger partial charge in [-0.25, -0.2) is 9.97 Å². The van der Waals surface area contributed by atoms with Crippen molar-refractivity contribution in [3.8, 4) is 22.5 Å². The zero-order valence-corrected chi connectivity index (χ0v) is 21.4. The van der Waals surface area contributed by atoms with Crippen LogP contribution in [0.5, 0.6) is 0 Å². The van der Waals surface area contributed by atoms with E-state index in [0.29, 0.717) is 5.95 Å². The van der Waals surface area contributed by atoms with Gasteiger partial charge in [-0.05, 0) is 43.9 Å². The highest BCUT2D eigenvalue weighted by atomic mass is 15.3. The van der Waals surface area contributed by atoms with Crippen LogP contribution in [0.3, 0.4) is 0 Å². The van der Waals surface area contributed by atoms with E-state index in [0.717, 1.165) is 70.0 Å². The minimum absolute atomic E-state index is 0.540. The molecule has 5 rings (SSSR count). The normalized spacial score (nSPS) is 13.4. The highest BCUT2D eigenvalue weighted by molar-refractivity contribution is 5.84.